The molecule has 0 aromatic rings. The molecule has 0 bridgehead atoms. The van der Waals surface area contributed by atoms with Gasteiger partial charge in [0.05, 0.1) is 31.5 Å². The number of ketones is 2. The Hall–Kier alpha value is -2.41. The number of ether oxygens (including phenoxy) is 6. The van der Waals surface area contributed by atoms with E-state index in [-0.39, 0.29) is 31.3 Å². The van der Waals surface area contributed by atoms with Crippen LogP contribution in [0.4, 0.5) is 0 Å². The minimum Gasteiger partial charge on any atom is -0.453 e. The summed E-state index contributed by atoms with van der Waals surface area (Å²) in [6, 6.07) is -0.722. The topological polar surface area (TPSA) is 153 Å². The Morgan fingerprint density at radius 1 is 0.660 bits per heavy atom. The van der Waals surface area contributed by atoms with Crippen molar-refractivity contribution in [2.24, 2.45) is 5.92 Å². The van der Waals surface area contributed by atoms with E-state index in [9.17, 15) is 24.0 Å². The molecule has 12 nitrogen and oxygen atoms in total. The molecule has 1 fully saturated rings. The summed E-state index contributed by atoms with van der Waals surface area (Å²) >= 11 is 0. The molecule has 0 radical (unpaired) electrons. The maximum Gasteiger partial charge on any atom is 0.335 e. The molecular formula is C35H61NO11. The van der Waals surface area contributed by atoms with Crippen LogP contribution in [0.3, 0.4) is 0 Å². The van der Waals surface area contributed by atoms with E-state index in [0.29, 0.717) is 12.3 Å². The Bertz CT molecular complexity index is 971. The molecular weight excluding hydrogens is 610 g/mol. The fraction of sp³-hybridized carbons (Fsp3) is 0.857. The minimum absolute atomic E-state index is 0.125. The average molecular weight is 672 g/mol. The molecule has 0 aromatic heterocycles. The van der Waals surface area contributed by atoms with Crippen molar-refractivity contribution >= 4 is 29.4 Å². The summed E-state index contributed by atoms with van der Waals surface area (Å²) < 4.78 is 33.6. The second-order valence-electron chi connectivity index (χ2n) is 14.1. The molecule has 1 N–H and O–H groups in total. The first kappa shape index (κ1) is 42.6. The summed E-state index contributed by atoms with van der Waals surface area (Å²) in [5.74, 6) is -1.80. The van der Waals surface area contributed by atoms with Crippen molar-refractivity contribution in [1.82, 2.24) is 5.32 Å². The third-order valence-electron chi connectivity index (χ3n) is 8.02. The summed E-state index contributed by atoms with van der Waals surface area (Å²) in [5.41, 5.74) is -2.78. The maximum absolute atomic E-state index is 13.2. The molecule has 1 saturated carbocycles. The maximum atomic E-state index is 13.2. The van der Waals surface area contributed by atoms with Crippen LogP contribution in [0.5, 0.6) is 0 Å². The Morgan fingerprint density at radius 3 is 1.40 bits per heavy atom. The van der Waals surface area contributed by atoms with Crippen LogP contribution < -0.4 is 5.32 Å². The zero-order valence-corrected chi connectivity index (χ0v) is 30.8. The monoisotopic (exact) mass is 671 g/mol. The summed E-state index contributed by atoms with van der Waals surface area (Å²) in [6.45, 7) is 19.2. The molecule has 272 valence electrons. The average Bonchev–Trinajstić information content (AvgIpc) is 2.93. The number of rotatable bonds is 23. The number of carbonyl (C=O) groups is 5. The summed E-state index contributed by atoms with van der Waals surface area (Å²) in [7, 11) is 0. The third-order valence-corrected chi connectivity index (χ3v) is 8.02. The molecule has 0 heterocycles. The highest BCUT2D eigenvalue weighted by atomic mass is 16.6. The van der Waals surface area contributed by atoms with E-state index < -0.39 is 65.2 Å². The van der Waals surface area contributed by atoms with Crippen molar-refractivity contribution in [2.75, 3.05) is 13.2 Å². The molecule has 1 aliphatic carbocycles. The molecule has 0 saturated heterocycles. The molecule has 1 amide bonds. The lowest BCUT2D eigenvalue weighted by Gasteiger charge is -2.32. The highest BCUT2D eigenvalue weighted by molar-refractivity contribution is 5.92. The predicted octanol–water partition coefficient (Wildman–Crippen LogP) is 4.66. The Morgan fingerprint density at radius 2 is 1.06 bits per heavy atom. The third kappa shape index (κ3) is 15.6. The predicted molar refractivity (Wildman–Crippen MR) is 176 cm³/mol. The summed E-state index contributed by atoms with van der Waals surface area (Å²) in [5, 5.41) is 2.92. The number of Topliss-reactive ketones (excluding diaryl/α,β-unsaturated/α-hetero) is 2. The molecule has 47 heavy (non-hydrogen) atoms. The van der Waals surface area contributed by atoms with Gasteiger partial charge in [0.25, 0.3) is 0 Å². The largest absolute Gasteiger partial charge is 0.453 e. The van der Waals surface area contributed by atoms with E-state index >= 15 is 0 Å². The van der Waals surface area contributed by atoms with Crippen LogP contribution in [0.15, 0.2) is 0 Å². The first-order valence-corrected chi connectivity index (χ1v) is 17.0. The smallest absolute Gasteiger partial charge is 0.335 e. The molecule has 0 spiro atoms. The molecule has 12 heteroatoms. The van der Waals surface area contributed by atoms with Crippen molar-refractivity contribution in [1.29, 1.82) is 0 Å². The van der Waals surface area contributed by atoms with Gasteiger partial charge in [0, 0.05) is 6.42 Å². The Kier molecular flexibility index (Phi) is 17.7. The van der Waals surface area contributed by atoms with Crippen molar-refractivity contribution in [3.05, 3.63) is 0 Å². The highest BCUT2D eigenvalue weighted by Crippen LogP contribution is 2.30. The number of carbonyl (C=O) groups excluding carboxylic acids is 5. The van der Waals surface area contributed by atoms with Gasteiger partial charge < -0.3 is 33.7 Å². The minimum atomic E-state index is -1.39. The zero-order valence-electron chi connectivity index (χ0n) is 30.8. The second kappa shape index (κ2) is 19.6. The van der Waals surface area contributed by atoms with Crippen LogP contribution in [0.25, 0.3) is 0 Å². The molecule has 1 aliphatic rings. The SMILES string of the molecule is CC(C)OC(C)C(=O)OC(C)C(=O)C(C)(C)OCC(COC(C)(C)C(=O)C(C)OC(=O)C(C)OC(C)C)NC(=O)CCCC1CCC1. The molecule has 1 rings (SSSR count). The number of nitrogens with one attached hydrogen (secondary N) is 1. The van der Waals surface area contributed by atoms with Gasteiger partial charge in [0.15, 0.2) is 24.4 Å². The van der Waals surface area contributed by atoms with Gasteiger partial charge >= 0.3 is 11.9 Å². The molecule has 4 unspecified atom stereocenters. The number of amides is 1. The van der Waals surface area contributed by atoms with Crippen molar-refractivity contribution in [2.45, 2.75) is 175 Å². The van der Waals surface area contributed by atoms with E-state index in [1.807, 2.05) is 0 Å². The first-order valence-electron chi connectivity index (χ1n) is 17.0. The van der Waals surface area contributed by atoms with E-state index in [4.69, 9.17) is 28.4 Å². The van der Waals surface area contributed by atoms with E-state index in [1.165, 1.54) is 33.1 Å². The van der Waals surface area contributed by atoms with Gasteiger partial charge in [0.2, 0.25) is 17.5 Å². The van der Waals surface area contributed by atoms with Crippen molar-refractivity contribution in [3.8, 4) is 0 Å². The van der Waals surface area contributed by atoms with Gasteiger partial charge in [-0.3, -0.25) is 14.4 Å². The first-order chi connectivity index (χ1) is 21.7. The normalized spacial score (nSPS) is 17.3. The lowest BCUT2D eigenvalue weighted by atomic mass is 9.82. The van der Waals surface area contributed by atoms with Crippen molar-refractivity contribution < 1.29 is 52.4 Å². The van der Waals surface area contributed by atoms with E-state index in [2.05, 4.69) is 5.32 Å². The molecule has 4 atom stereocenters. The van der Waals surface area contributed by atoms with Crippen LogP contribution in [0.2, 0.25) is 0 Å². The van der Waals surface area contributed by atoms with Crippen molar-refractivity contribution in [3.63, 3.8) is 0 Å². The Balaban J connectivity index is 2.90. The fourth-order valence-corrected chi connectivity index (χ4v) is 5.08. The summed E-state index contributed by atoms with van der Waals surface area (Å²) in [6.07, 6.45) is 1.42. The number of esters is 2. The van der Waals surface area contributed by atoms with Crippen LogP contribution >= 0.6 is 0 Å². The van der Waals surface area contributed by atoms with Gasteiger partial charge in [0.1, 0.15) is 11.2 Å². The molecule has 0 aromatic carbocycles. The van der Waals surface area contributed by atoms with E-state index in [0.717, 1.165) is 12.8 Å². The van der Waals surface area contributed by atoms with Crippen LogP contribution in [0, 0.1) is 5.92 Å². The van der Waals surface area contributed by atoms with Crippen LogP contribution in [-0.4, -0.2) is 96.5 Å². The lowest BCUT2D eigenvalue weighted by Crippen LogP contribution is -2.50. The zero-order chi connectivity index (χ0) is 36.1. The lowest BCUT2D eigenvalue weighted by molar-refractivity contribution is -0.174. The van der Waals surface area contributed by atoms with Gasteiger partial charge in [-0.05, 0) is 102 Å². The fourth-order valence-electron chi connectivity index (χ4n) is 5.08. The number of hydrogen-bond donors (Lipinski definition) is 1. The van der Waals surface area contributed by atoms with Gasteiger partial charge in [-0.1, -0.05) is 19.3 Å². The van der Waals surface area contributed by atoms with Crippen LogP contribution in [0.1, 0.15) is 122 Å². The van der Waals surface area contributed by atoms with E-state index in [1.54, 1.807) is 69.2 Å². The van der Waals surface area contributed by atoms with Gasteiger partial charge in [-0.15, -0.1) is 0 Å². The molecule has 0 aliphatic heterocycles. The highest BCUT2D eigenvalue weighted by Gasteiger charge is 2.38. The standard InChI is InChI=1S/C35H61NO11/c1-21(2)44-25(7)32(40)46-23(5)30(38)34(9,10)42-19-28(36-29(37)18-14-17-27-15-13-16-27)20-43-35(11,12)31(39)24(6)47-33(41)26(8)45-22(3)4/h21-28H,13-20H2,1-12H3,(H,36,37). The summed E-state index contributed by atoms with van der Waals surface area (Å²) in [4.78, 5) is 64.2. The second-order valence-corrected chi connectivity index (χ2v) is 14.1. The van der Waals surface area contributed by atoms with Gasteiger partial charge in [-0.25, -0.2) is 9.59 Å². The van der Waals surface area contributed by atoms with Gasteiger partial charge in [-0.2, -0.15) is 0 Å². The quantitative estimate of drug-likeness (QED) is 0.151. The van der Waals surface area contributed by atoms with Crippen LogP contribution in [-0.2, 0) is 52.4 Å². The Labute approximate surface area is 281 Å². The number of hydrogen-bond acceptors (Lipinski definition) is 11.